The SMILES string of the molecule is CCNC(=NCc1ccc(COc2ccccc2)cc1)NC1CCc2nc(COC)nn2C1. The fourth-order valence-corrected chi connectivity index (χ4v) is 3.78. The van der Waals surface area contributed by atoms with Gasteiger partial charge in [0.1, 0.15) is 24.8 Å². The van der Waals surface area contributed by atoms with Gasteiger partial charge in [0.05, 0.1) is 13.1 Å². The van der Waals surface area contributed by atoms with E-state index in [0.717, 1.165) is 60.4 Å². The van der Waals surface area contributed by atoms with Gasteiger partial charge in [-0.25, -0.2) is 14.7 Å². The number of ether oxygens (including phenoxy) is 2. The molecule has 1 unspecified atom stereocenters. The van der Waals surface area contributed by atoms with E-state index < -0.39 is 0 Å². The summed E-state index contributed by atoms with van der Waals surface area (Å²) in [6, 6.07) is 18.5. The topological polar surface area (TPSA) is 85.6 Å². The summed E-state index contributed by atoms with van der Waals surface area (Å²) < 4.78 is 13.0. The largest absolute Gasteiger partial charge is 0.489 e. The maximum Gasteiger partial charge on any atom is 0.191 e. The highest BCUT2D eigenvalue weighted by molar-refractivity contribution is 5.80. The summed E-state index contributed by atoms with van der Waals surface area (Å²) in [7, 11) is 1.66. The summed E-state index contributed by atoms with van der Waals surface area (Å²) in [5, 5.41) is 11.5. The second-order valence-electron chi connectivity index (χ2n) is 8.05. The molecule has 1 aromatic heterocycles. The van der Waals surface area contributed by atoms with Gasteiger partial charge in [0.2, 0.25) is 0 Å². The number of nitrogens with one attached hydrogen (secondary N) is 2. The third-order valence-corrected chi connectivity index (χ3v) is 5.45. The summed E-state index contributed by atoms with van der Waals surface area (Å²) in [4.78, 5) is 9.34. The van der Waals surface area contributed by atoms with Crippen LogP contribution in [0.3, 0.4) is 0 Å². The van der Waals surface area contributed by atoms with Gasteiger partial charge in [0.15, 0.2) is 11.8 Å². The van der Waals surface area contributed by atoms with E-state index in [1.54, 1.807) is 7.11 Å². The number of aryl methyl sites for hydroxylation is 1. The average Bonchev–Trinajstić information content (AvgIpc) is 3.25. The van der Waals surface area contributed by atoms with E-state index in [4.69, 9.17) is 14.5 Å². The van der Waals surface area contributed by atoms with Gasteiger partial charge >= 0.3 is 0 Å². The molecule has 174 valence electrons. The van der Waals surface area contributed by atoms with Crippen molar-refractivity contribution in [2.24, 2.45) is 4.99 Å². The molecular formula is C25H32N6O2. The van der Waals surface area contributed by atoms with Gasteiger partial charge in [-0.2, -0.15) is 5.10 Å². The Labute approximate surface area is 195 Å². The van der Waals surface area contributed by atoms with Gasteiger partial charge < -0.3 is 20.1 Å². The monoisotopic (exact) mass is 448 g/mol. The van der Waals surface area contributed by atoms with Crippen molar-refractivity contribution in [3.8, 4) is 5.75 Å². The van der Waals surface area contributed by atoms with Crippen LogP contribution in [-0.2, 0) is 37.5 Å². The molecular weight excluding hydrogens is 416 g/mol. The van der Waals surface area contributed by atoms with Gasteiger partial charge in [0.25, 0.3) is 0 Å². The molecule has 2 N–H and O–H groups in total. The van der Waals surface area contributed by atoms with Crippen LogP contribution in [0.25, 0.3) is 0 Å². The van der Waals surface area contributed by atoms with E-state index in [9.17, 15) is 0 Å². The Balaban J connectivity index is 1.31. The lowest BCUT2D eigenvalue weighted by Crippen LogP contribution is -2.47. The molecule has 2 heterocycles. The number of fused-ring (bicyclic) bond motifs is 1. The molecule has 2 aromatic carbocycles. The van der Waals surface area contributed by atoms with Gasteiger partial charge in [-0.05, 0) is 36.6 Å². The van der Waals surface area contributed by atoms with Crippen LogP contribution in [0.5, 0.6) is 5.75 Å². The molecule has 0 aliphatic carbocycles. The first-order chi connectivity index (χ1) is 16.2. The number of rotatable bonds is 9. The van der Waals surface area contributed by atoms with Crippen LogP contribution in [0.1, 0.15) is 36.1 Å². The average molecular weight is 449 g/mol. The van der Waals surface area contributed by atoms with E-state index in [2.05, 4.69) is 51.9 Å². The van der Waals surface area contributed by atoms with Crippen LogP contribution in [-0.4, -0.2) is 40.4 Å². The van der Waals surface area contributed by atoms with Crippen molar-refractivity contribution in [2.45, 2.75) is 52.1 Å². The van der Waals surface area contributed by atoms with Crippen molar-refractivity contribution < 1.29 is 9.47 Å². The predicted molar refractivity (Wildman–Crippen MR) is 128 cm³/mol. The second-order valence-corrected chi connectivity index (χ2v) is 8.05. The lowest BCUT2D eigenvalue weighted by atomic mass is 10.1. The zero-order chi connectivity index (χ0) is 22.9. The molecule has 1 aliphatic heterocycles. The number of hydrogen-bond acceptors (Lipinski definition) is 5. The Kier molecular flexibility index (Phi) is 7.92. The zero-order valence-corrected chi connectivity index (χ0v) is 19.3. The fourth-order valence-electron chi connectivity index (χ4n) is 3.78. The van der Waals surface area contributed by atoms with Crippen molar-refractivity contribution in [1.82, 2.24) is 25.4 Å². The van der Waals surface area contributed by atoms with Crippen molar-refractivity contribution in [3.05, 3.63) is 77.4 Å². The molecule has 1 aliphatic rings. The predicted octanol–water partition coefficient (Wildman–Crippen LogP) is 3.07. The normalized spacial score (nSPS) is 15.7. The maximum atomic E-state index is 5.82. The molecule has 0 spiro atoms. The third-order valence-electron chi connectivity index (χ3n) is 5.45. The first-order valence-electron chi connectivity index (χ1n) is 11.5. The number of aliphatic imine (C=N–C) groups is 1. The Morgan fingerprint density at radius 1 is 1.09 bits per heavy atom. The number of aromatic nitrogens is 3. The highest BCUT2D eigenvalue weighted by Gasteiger charge is 2.22. The smallest absolute Gasteiger partial charge is 0.191 e. The summed E-state index contributed by atoms with van der Waals surface area (Å²) in [5.41, 5.74) is 2.29. The number of methoxy groups -OCH3 is 1. The number of para-hydroxylation sites is 1. The molecule has 3 aromatic rings. The molecule has 0 saturated carbocycles. The summed E-state index contributed by atoms with van der Waals surface area (Å²) in [5.74, 6) is 3.47. The summed E-state index contributed by atoms with van der Waals surface area (Å²) in [6.45, 7) is 5.25. The van der Waals surface area contributed by atoms with Crippen molar-refractivity contribution in [1.29, 1.82) is 0 Å². The van der Waals surface area contributed by atoms with Crippen LogP contribution < -0.4 is 15.4 Å². The van der Waals surface area contributed by atoms with E-state index in [1.807, 2.05) is 35.0 Å². The molecule has 0 amide bonds. The van der Waals surface area contributed by atoms with Gasteiger partial charge in [0, 0.05) is 26.1 Å². The minimum absolute atomic E-state index is 0.255. The summed E-state index contributed by atoms with van der Waals surface area (Å²) in [6.07, 6.45) is 1.88. The lowest BCUT2D eigenvalue weighted by molar-refractivity contribution is 0.177. The molecule has 0 radical (unpaired) electrons. The molecule has 1 atom stereocenters. The van der Waals surface area contributed by atoms with Crippen molar-refractivity contribution >= 4 is 5.96 Å². The second kappa shape index (κ2) is 11.5. The first kappa shape index (κ1) is 22.8. The number of guanidine groups is 1. The maximum absolute atomic E-state index is 5.82. The molecule has 0 fully saturated rings. The number of benzene rings is 2. The van der Waals surface area contributed by atoms with Crippen LogP contribution in [0.4, 0.5) is 0 Å². The van der Waals surface area contributed by atoms with Crippen LogP contribution >= 0.6 is 0 Å². The van der Waals surface area contributed by atoms with Gasteiger partial charge in [-0.3, -0.25) is 0 Å². The molecule has 0 saturated heterocycles. The minimum Gasteiger partial charge on any atom is -0.489 e. The van der Waals surface area contributed by atoms with Crippen molar-refractivity contribution in [3.63, 3.8) is 0 Å². The Morgan fingerprint density at radius 2 is 1.88 bits per heavy atom. The van der Waals surface area contributed by atoms with E-state index in [1.165, 1.54) is 0 Å². The number of hydrogen-bond donors (Lipinski definition) is 2. The van der Waals surface area contributed by atoms with Gasteiger partial charge in [-0.15, -0.1) is 0 Å². The lowest BCUT2D eigenvalue weighted by Gasteiger charge is -2.25. The van der Waals surface area contributed by atoms with Crippen LogP contribution in [0.15, 0.2) is 59.6 Å². The first-order valence-corrected chi connectivity index (χ1v) is 11.5. The molecule has 4 rings (SSSR count). The molecule has 8 nitrogen and oxygen atoms in total. The number of nitrogens with zero attached hydrogens (tertiary/aromatic N) is 4. The van der Waals surface area contributed by atoms with E-state index >= 15 is 0 Å². The Morgan fingerprint density at radius 3 is 2.64 bits per heavy atom. The van der Waals surface area contributed by atoms with Crippen LogP contribution in [0.2, 0.25) is 0 Å². The van der Waals surface area contributed by atoms with E-state index in [0.29, 0.717) is 19.8 Å². The molecule has 0 bridgehead atoms. The Bertz CT molecular complexity index is 1030. The van der Waals surface area contributed by atoms with Crippen LogP contribution in [0, 0.1) is 0 Å². The molecule has 33 heavy (non-hydrogen) atoms. The Hall–Kier alpha value is -3.39. The van der Waals surface area contributed by atoms with E-state index in [-0.39, 0.29) is 6.04 Å². The third kappa shape index (κ3) is 6.55. The highest BCUT2D eigenvalue weighted by atomic mass is 16.5. The highest BCUT2D eigenvalue weighted by Crippen LogP contribution is 2.14. The molecule has 8 heteroatoms. The zero-order valence-electron chi connectivity index (χ0n) is 19.3. The van der Waals surface area contributed by atoms with Crippen molar-refractivity contribution in [2.75, 3.05) is 13.7 Å². The standard InChI is InChI=1S/C25H32N6O2/c1-3-26-25(28-21-13-14-24-29-23(18-32-2)30-31(24)16-21)27-15-19-9-11-20(12-10-19)17-33-22-7-5-4-6-8-22/h4-12,21H,3,13-18H2,1-2H3,(H2,26,27,28). The summed E-state index contributed by atoms with van der Waals surface area (Å²) >= 11 is 0. The minimum atomic E-state index is 0.255. The van der Waals surface area contributed by atoms with Gasteiger partial charge in [-0.1, -0.05) is 42.5 Å². The quantitative estimate of drug-likeness (QED) is 0.387. The fraction of sp³-hybridized carbons (Fsp3) is 0.400.